The maximum atomic E-state index is 11.3. The van der Waals surface area contributed by atoms with Gasteiger partial charge in [0, 0.05) is 12.1 Å². The number of aliphatic carboxylic acids is 1. The Labute approximate surface area is 111 Å². The van der Waals surface area contributed by atoms with E-state index in [4.69, 9.17) is 9.47 Å². The molecule has 5 heteroatoms. The monoisotopic (exact) mass is 263 g/mol. The Morgan fingerprint density at radius 3 is 3.11 bits per heavy atom. The van der Waals surface area contributed by atoms with E-state index < -0.39 is 5.97 Å². The van der Waals surface area contributed by atoms with Crippen LogP contribution in [-0.4, -0.2) is 35.4 Å². The van der Waals surface area contributed by atoms with Crippen molar-refractivity contribution in [1.29, 1.82) is 0 Å². The van der Waals surface area contributed by atoms with Crippen molar-refractivity contribution in [1.82, 2.24) is 4.90 Å². The van der Waals surface area contributed by atoms with Gasteiger partial charge >= 0.3 is 5.97 Å². The van der Waals surface area contributed by atoms with Crippen LogP contribution in [0.25, 0.3) is 0 Å². The summed E-state index contributed by atoms with van der Waals surface area (Å²) in [6.07, 6.45) is 2.76. The van der Waals surface area contributed by atoms with Gasteiger partial charge in [-0.15, -0.1) is 0 Å². The minimum atomic E-state index is -0.732. The van der Waals surface area contributed by atoms with Crippen molar-refractivity contribution in [2.75, 3.05) is 13.3 Å². The number of hydrogen-bond acceptors (Lipinski definition) is 4. The quantitative estimate of drug-likeness (QED) is 0.902. The molecule has 1 N–H and O–H groups in total. The third kappa shape index (κ3) is 2.38. The molecule has 5 nitrogen and oxygen atoms in total. The van der Waals surface area contributed by atoms with E-state index in [9.17, 15) is 9.90 Å². The average Bonchev–Trinajstić information content (AvgIpc) is 2.88. The number of piperidine rings is 1. The van der Waals surface area contributed by atoms with Crippen molar-refractivity contribution in [3.05, 3.63) is 23.8 Å². The van der Waals surface area contributed by atoms with Gasteiger partial charge in [0.2, 0.25) is 6.79 Å². The number of hydrogen-bond donors (Lipinski definition) is 1. The molecule has 1 fully saturated rings. The van der Waals surface area contributed by atoms with E-state index in [1.165, 1.54) is 0 Å². The van der Waals surface area contributed by atoms with Crippen LogP contribution in [-0.2, 0) is 11.3 Å². The number of carbonyl (C=O) groups is 1. The van der Waals surface area contributed by atoms with Gasteiger partial charge < -0.3 is 14.6 Å². The predicted octanol–water partition coefficient (Wildman–Crippen LogP) is 1.85. The minimum Gasteiger partial charge on any atom is -0.480 e. The second kappa shape index (κ2) is 5.09. The van der Waals surface area contributed by atoms with Gasteiger partial charge in [0.15, 0.2) is 11.5 Å². The summed E-state index contributed by atoms with van der Waals surface area (Å²) in [4.78, 5) is 13.3. The fraction of sp³-hybridized carbons (Fsp3) is 0.500. The summed E-state index contributed by atoms with van der Waals surface area (Å²) in [5.41, 5.74) is 1.00. The number of fused-ring (bicyclic) bond motifs is 1. The molecule has 0 radical (unpaired) electrons. The number of nitrogens with zero attached hydrogens (tertiary/aromatic N) is 1. The van der Waals surface area contributed by atoms with Crippen LogP contribution in [0.3, 0.4) is 0 Å². The van der Waals surface area contributed by atoms with Crippen LogP contribution in [0.1, 0.15) is 24.8 Å². The lowest BCUT2D eigenvalue weighted by molar-refractivity contribution is -0.144. The van der Waals surface area contributed by atoms with E-state index in [1.54, 1.807) is 0 Å². The van der Waals surface area contributed by atoms with E-state index >= 15 is 0 Å². The standard InChI is InChI=1S/C14H17NO4/c16-14(17)11-5-1-2-7-15(11)8-10-4-3-6-12-13(10)19-9-18-12/h3-4,6,11H,1-2,5,7-9H2,(H,16,17). The molecule has 102 valence electrons. The van der Waals surface area contributed by atoms with Crippen LogP contribution in [0.15, 0.2) is 18.2 Å². The van der Waals surface area contributed by atoms with Crippen molar-refractivity contribution in [3.63, 3.8) is 0 Å². The first kappa shape index (κ1) is 12.3. The molecule has 0 amide bonds. The molecule has 2 aliphatic heterocycles. The van der Waals surface area contributed by atoms with E-state index in [-0.39, 0.29) is 12.8 Å². The van der Waals surface area contributed by atoms with Crippen molar-refractivity contribution in [2.45, 2.75) is 31.8 Å². The van der Waals surface area contributed by atoms with Crippen LogP contribution in [0.4, 0.5) is 0 Å². The summed E-state index contributed by atoms with van der Waals surface area (Å²) in [6.45, 7) is 1.67. The lowest BCUT2D eigenvalue weighted by Crippen LogP contribution is -2.44. The van der Waals surface area contributed by atoms with Crippen molar-refractivity contribution >= 4 is 5.97 Å². The molecule has 0 bridgehead atoms. The highest BCUT2D eigenvalue weighted by Gasteiger charge is 2.29. The zero-order valence-electron chi connectivity index (χ0n) is 10.7. The topological polar surface area (TPSA) is 59.0 Å². The lowest BCUT2D eigenvalue weighted by Gasteiger charge is -2.33. The Hall–Kier alpha value is -1.75. The number of para-hydroxylation sites is 1. The van der Waals surface area contributed by atoms with Crippen LogP contribution in [0.5, 0.6) is 11.5 Å². The number of carboxylic acid groups (broad SMARTS) is 1. The predicted molar refractivity (Wildman–Crippen MR) is 68.2 cm³/mol. The lowest BCUT2D eigenvalue weighted by atomic mass is 10.0. The fourth-order valence-corrected chi connectivity index (χ4v) is 2.79. The maximum absolute atomic E-state index is 11.3. The Bertz CT molecular complexity index is 488. The van der Waals surface area contributed by atoms with Crippen molar-refractivity contribution < 1.29 is 19.4 Å². The van der Waals surface area contributed by atoms with Gasteiger partial charge in [0.05, 0.1) is 0 Å². The Balaban J connectivity index is 1.80. The molecular weight excluding hydrogens is 246 g/mol. The Kier molecular flexibility index (Phi) is 3.29. The summed E-state index contributed by atoms with van der Waals surface area (Å²) in [5.74, 6) is 0.781. The number of ether oxygens (including phenoxy) is 2. The first-order valence-corrected chi connectivity index (χ1v) is 6.60. The average molecular weight is 263 g/mol. The van der Waals surface area contributed by atoms with Crippen LogP contribution >= 0.6 is 0 Å². The van der Waals surface area contributed by atoms with E-state index in [0.717, 1.165) is 42.9 Å². The molecule has 0 saturated carbocycles. The minimum absolute atomic E-state index is 0.245. The third-order valence-corrected chi connectivity index (χ3v) is 3.75. The molecule has 2 aliphatic rings. The molecule has 0 aromatic heterocycles. The van der Waals surface area contributed by atoms with Crippen molar-refractivity contribution in [3.8, 4) is 11.5 Å². The highest BCUT2D eigenvalue weighted by atomic mass is 16.7. The highest BCUT2D eigenvalue weighted by molar-refractivity contribution is 5.73. The molecule has 3 rings (SSSR count). The summed E-state index contributed by atoms with van der Waals surface area (Å²) >= 11 is 0. The molecule has 1 aromatic rings. The van der Waals surface area contributed by atoms with Crippen LogP contribution in [0, 0.1) is 0 Å². The largest absolute Gasteiger partial charge is 0.480 e. The number of carboxylic acids is 1. The van der Waals surface area contributed by atoms with E-state index in [1.807, 2.05) is 23.1 Å². The number of benzene rings is 1. The molecule has 0 spiro atoms. The molecular formula is C14H17NO4. The van der Waals surface area contributed by atoms with Crippen molar-refractivity contribution in [2.24, 2.45) is 0 Å². The zero-order valence-corrected chi connectivity index (χ0v) is 10.7. The molecule has 0 aliphatic carbocycles. The van der Waals surface area contributed by atoms with E-state index in [2.05, 4.69) is 0 Å². The summed E-state index contributed by atoms with van der Waals surface area (Å²) in [5, 5.41) is 9.28. The maximum Gasteiger partial charge on any atom is 0.320 e. The Morgan fingerprint density at radius 1 is 1.37 bits per heavy atom. The highest BCUT2D eigenvalue weighted by Crippen LogP contribution is 2.36. The molecule has 1 unspecified atom stereocenters. The molecule has 1 atom stereocenters. The van der Waals surface area contributed by atoms with Gasteiger partial charge in [-0.05, 0) is 25.5 Å². The smallest absolute Gasteiger partial charge is 0.320 e. The number of likely N-dealkylation sites (tertiary alicyclic amines) is 1. The zero-order chi connectivity index (χ0) is 13.2. The first-order valence-electron chi connectivity index (χ1n) is 6.60. The van der Waals surface area contributed by atoms with Gasteiger partial charge in [0.25, 0.3) is 0 Å². The third-order valence-electron chi connectivity index (χ3n) is 3.75. The fourth-order valence-electron chi connectivity index (χ4n) is 2.79. The second-order valence-corrected chi connectivity index (χ2v) is 4.97. The Morgan fingerprint density at radius 2 is 2.26 bits per heavy atom. The van der Waals surface area contributed by atoms with Crippen LogP contribution < -0.4 is 9.47 Å². The summed E-state index contributed by atoms with van der Waals surface area (Å²) in [6, 6.07) is 5.38. The van der Waals surface area contributed by atoms with Gasteiger partial charge in [-0.1, -0.05) is 18.6 Å². The van der Waals surface area contributed by atoms with Gasteiger partial charge in [-0.25, -0.2) is 0 Å². The van der Waals surface area contributed by atoms with Gasteiger partial charge in [-0.2, -0.15) is 0 Å². The molecule has 19 heavy (non-hydrogen) atoms. The number of rotatable bonds is 3. The van der Waals surface area contributed by atoms with Gasteiger partial charge in [-0.3, -0.25) is 9.69 Å². The molecule has 1 saturated heterocycles. The van der Waals surface area contributed by atoms with Crippen LogP contribution in [0.2, 0.25) is 0 Å². The van der Waals surface area contributed by atoms with Gasteiger partial charge in [0.1, 0.15) is 6.04 Å². The first-order chi connectivity index (χ1) is 9.25. The summed E-state index contributed by atoms with van der Waals surface area (Å²) in [7, 11) is 0. The van der Waals surface area contributed by atoms with E-state index in [0.29, 0.717) is 6.54 Å². The second-order valence-electron chi connectivity index (χ2n) is 4.97. The molecule has 1 aromatic carbocycles. The SMILES string of the molecule is O=C(O)C1CCCCN1Cc1cccc2c1OCO2. The normalized spacial score (nSPS) is 22.4. The molecule has 2 heterocycles. The summed E-state index contributed by atoms with van der Waals surface area (Å²) < 4.78 is 10.8.